The van der Waals surface area contributed by atoms with Crippen molar-refractivity contribution in [2.45, 2.75) is 69.9 Å². The molecule has 1 amide bonds. The fourth-order valence-corrected chi connectivity index (χ4v) is 3.83. The molecule has 0 spiro atoms. The van der Waals surface area contributed by atoms with Crippen molar-refractivity contribution in [3.8, 4) is 6.07 Å². The second-order valence-corrected chi connectivity index (χ2v) is 7.92. The number of nitriles is 1. The number of carbonyl (C=O) groups is 1. The minimum absolute atomic E-state index is 0.0851. The molecule has 25 heavy (non-hydrogen) atoms. The average molecular weight is 357 g/mol. The highest BCUT2D eigenvalue weighted by atomic mass is 19.3. The van der Waals surface area contributed by atoms with Crippen LogP contribution in [0.4, 0.5) is 8.78 Å². The fraction of sp³-hybridized carbons (Fsp3) is 0.889. The van der Waals surface area contributed by atoms with E-state index in [-0.39, 0.29) is 31.5 Å². The minimum atomic E-state index is -2.65. The number of hydrogen-bond acceptors (Lipinski definition) is 4. The summed E-state index contributed by atoms with van der Waals surface area (Å²) in [5, 5.41) is 18.9. The fourth-order valence-electron chi connectivity index (χ4n) is 3.83. The van der Waals surface area contributed by atoms with Crippen molar-refractivity contribution in [2.75, 3.05) is 26.2 Å². The summed E-state index contributed by atoms with van der Waals surface area (Å²) in [6, 6.07) is 1.88. The summed E-state index contributed by atoms with van der Waals surface area (Å²) in [4.78, 5) is 16.1. The van der Waals surface area contributed by atoms with Crippen molar-refractivity contribution >= 4 is 5.91 Å². The Morgan fingerprint density at radius 2 is 2.12 bits per heavy atom. The summed E-state index contributed by atoms with van der Waals surface area (Å²) in [5.41, 5.74) is -0.479. The van der Waals surface area contributed by atoms with Crippen LogP contribution in [0, 0.1) is 17.2 Å². The van der Waals surface area contributed by atoms with Gasteiger partial charge in [0.2, 0.25) is 5.91 Å². The first-order chi connectivity index (χ1) is 11.7. The molecule has 7 heteroatoms. The Hall–Kier alpha value is -1.26. The van der Waals surface area contributed by atoms with Gasteiger partial charge < -0.3 is 10.0 Å². The second-order valence-electron chi connectivity index (χ2n) is 7.92. The maximum absolute atomic E-state index is 13.5. The Balaban J connectivity index is 1.95. The van der Waals surface area contributed by atoms with E-state index in [0.29, 0.717) is 25.9 Å². The predicted molar refractivity (Wildman–Crippen MR) is 90.0 cm³/mol. The first-order valence-corrected chi connectivity index (χ1v) is 9.14. The SMILES string of the molecule is CC(C)(CCC(C#N)C(=O)N1CCCC[C@@H]1CO)N1CCC(F)(F)C1. The van der Waals surface area contributed by atoms with Gasteiger partial charge in [0, 0.05) is 25.0 Å². The Kier molecular flexibility index (Phi) is 6.39. The summed E-state index contributed by atoms with van der Waals surface area (Å²) >= 11 is 0. The van der Waals surface area contributed by atoms with Crippen molar-refractivity contribution in [2.24, 2.45) is 5.92 Å². The summed E-state index contributed by atoms with van der Waals surface area (Å²) in [5.74, 6) is -3.66. The lowest BCUT2D eigenvalue weighted by Crippen LogP contribution is -2.48. The number of aliphatic hydroxyl groups excluding tert-OH is 1. The lowest BCUT2D eigenvalue weighted by molar-refractivity contribution is -0.139. The molecule has 0 radical (unpaired) electrons. The van der Waals surface area contributed by atoms with E-state index < -0.39 is 17.4 Å². The molecule has 2 aliphatic rings. The Morgan fingerprint density at radius 1 is 1.40 bits per heavy atom. The molecule has 1 N–H and O–H groups in total. The van der Waals surface area contributed by atoms with Crippen molar-refractivity contribution in [1.29, 1.82) is 5.26 Å². The van der Waals surface area contributed by atoms with Crippen LogP contribution in [-0.2, 0) is 4.79 Å². The molecule has 2 heterocycles. The zero-order valence-electron chi connectivity index (χ0n) is 15.2. The Labute approximate surface area is 148 Å². The van der Waals surface area contributed by atoms with Crippen molar-refractivity contribution in [1.82, 2.24) is 9.80 Å². The topological polar surface area (TPSA) is 67.6 Å². The van der Waals surface area contributed by atoms with E-state index >= 15 is 0 Å². The van der Waals surface area contributed by atoms with Gasteiger partial charge in [-0.3, -0.25) is 9.69 Å². The van der Waals surface area contributed by atoms with E-state index in [1.165, 1.54) is 0 Å². The molecular formula is C18H29F2N3O2. The largest absolute Gasteiger partial charge is 0.394 e. The Bertz CT molecular complexity index is 519. The number of likely N-dealkylation sites (tertiary alicyclic amines) is 2. The molecule has 0 aromatic heterocycles. The minimum Gasteiger partial charge on any atom is -0.394 e. The number of aliphatic hydroxyl groups is 1. The third-order valence-electron chi connectivity index (χ3n) is 5.65. The molecule has 2 aliphatic heterocycles. The molecular weight excluding hydrogens is 328 g/mol. The molecule has 2 fully saturated rings. The van der Waals surface area contributed by atoms with Crippen LogP contribution in [0.2, 0.25) is 0 Å². The first-order valence-electron chi connectivity index (χ1n) is 9.14. The lowest BCUT2D eigenvalue weighted by atomic mass is 9.90. The van der Waals surface area contributed by atoms with Crippen LogP contribution in [0.15, 0.2) is 0 Å². The van der Waals surface area contributed by atoms with Crippen molar-refractivity contribution < 1.29 is 18.7 Å². The smallest absolute Gasteiger partial charge is 0.261 e. The summed E-state index contributed by atoms with van der Waals surface area (Å²) in [7, 11) is 0. The monoisotopic (exact) mass is 357 g/mol. The standard InChI is InChI=1S/C18H29F2N3O2/c1-17(2,22-10-8-18(19,20)13-22)7-6-14(11-21)16(25)23-9-4-3-5-15(23)12-24/h14-15,24H,3-10,12-13H2,1-2H3/t14?,15-/m1/s1. The number of alkyl halides is 2. The molecule has 2 atom stereocenters. The van der Waals surface area contributed by atoms with Crippen LogP contribution < -0.4 is 0 Å². The molecule has 2 saturated heterocycles. The highest BCUT2D eigenvalue weighted by Gasteiger charge is 2.44. The number of halogens is 2. The van der Waals surface area contributed by atoms with Gasteiger partial charge in [-0.05, 0) is 46.0 Å². The Morgan fingerprint density at radius 3 is 2.68 bits per heavy atom. The summed E-state index contributed by atoms with van der Waals surface area (Å²) < 4.78 is 26.9. The number of hydrogen-bond donors (Lipinski definition) is 1. The third-order valence-corrected chi connectivity index (χ3v) is 5.65. The molecule has 0 bridgehead atoms. The van der Waals surface area contributed by atoms with Gasteiger partial charge in [0.05, 0.1) is 25.3 Å². The van der Waals surface area contributed by atoms with E-state index in [9.17, 15) is 23.9 Å². The molecule has 5 nitrogen and oxygen atoms in total. The maximum Gasteiger partial charge on any atom is 0.261 e. The van der Waals surface area contributed by atoms with Gasteiger partial charge in [0.1, 0.15) is 5.92 Å². The zero-order chi connectivity index (χ0) is 18.7. The van der Waals surface area contributed by atoms with Crippen LogP contribution in [-0.4, -0.2) is 64.6 Å². The van der Waals surface area contributed by atoms with E-state index in [1.807, 2.05) is 13.8 Å². The predicted octanol–water partition coefficient (Wildman–Crippen LogP) is 2.40. The van der Waals surface area contributed by atoms with Crippen LogP contribution in [0.5, 0.6) is 0 Å². The number of carbonyl (C=O) groups excluding carboxylic acids is 1. The number of amides is 1. The average Bonchev–Trinajstić information content (AvgIpc) is 2.96. The van der Waals surface area contributed by atoms with Gasteiger partial charge >= 0.3 is 0 Å². The van der Waals surface area contributed by atoms with Gasteiger partial charge in [-0.15, -0.1) is 0 Å². The summed E-state index contributed by atoms with van der Waals surface area (Å²) in [6.45, 7) is 4.35. The molecule has 142 valence electrons. The highest BCUT2D eigenvalue weighted by Crippen LogP contribution is 2.34. The molecule has 1 unspecified atom stereocenters. The van der Waals surface area contributed by atoms with Crippen LogP contribution >= 0.6 is 0 Å². The van der Waals surface area contributed by atoms with E-state index in [1.54, 1.807) is 9.80 Å². The van der Waals surface area contributed by atoms with Crippen molar-refractivity contribution in [3.63, 3.8) is 0 Å². The lowest BCUT2D eigenvalue weighted by Gasteiger charge is -2.38. The summed E-state index contributed by atoms with van der Waals surface area (Å²) in [6.07, 6.45) is 3.33. The normalized spacial score (nSPS) is 25.6. The number of rotatable bonds is 6. The number of piperidine rings is 1. The van der Waals surface area contributed by atoms with Gasteiger partial charge in [0.15, 0.2) is 0 Å². The van der Waals surface area contributed by atoms with Gasteiger partial charge in [0.25, 0.3) is 5.92 Å². The van der Waals surface area contributed by atoms with Crippen LogP contribution in [0.25, 0.3) is 0 Å². The van der Waals surface area contributed by atoms with Gasteiger partial charge in [-0.2, -0.15) is 5.26 Å². The van der Waals surface area contributed by atoms with Crippen LogP contribution in [0.3, 0.4) is 0 Å². The van der Waals surface area contributed by atoms with E-state index in [4.69, 9.17) is 0 Å². The van der Waals surface area contributed by atoms with Crippen molar-refractivity contribution in [3.05, 3.63) is 0 Å². The third kappa shape index (κ3) is 4.89. The van der Waals surface area contributed by atoms with E-state index in [2.05, 4.69) is 6.07 Å². The van der Waals surface area contributed by atoms with Gasteiger partial charge in [-0.25, -0.2) is 8.78 Å². The quantitative estimate of drug-likeness (QED) is 0.793. The molecule has 0 aliphatic carbocycles. The van der Waals surface area contributed by atoms with Crippen LogP contribution in [0.1, 0.15) is 52.4 Å². The molecule has 0 aromatic carbocycles. The zero-order valence-corrected chi connectivity index (χ0v) is 15.2. The first kappa shape index (κ1) is 20.1. The van der Waals surface area contributed by atoms with Gasteiger partial charge in [-0.1, -0.05) is 0 Å². The molecule has 0 aromatic rings. The maximum atomic E-state index is 13.5. The molecule has 0 saturated carbocycles. The molecule has 2 rings (SSSR count). The highest BCUT2D eigenvalue weighted by molar-refractivity contribution is 5.81. The van der Waals surface area contributed by atoms with E-state index in [0.717, 1.165) is 19.3 Å². The second kappa shape index (κ2) is 7.96. The number of nitrogens with zero attached hydrogens (tertiary/aromatic N) is 3.